The fraction of sp³-hybridized carbons (Fsp3) is 0.567. The number of carbonyl (C=O) groups is 1. The van der Waals surface area contributed by atoms with Gasteiger partial charge in [-0.25, -0.2) is 0 Å². The second-order valence-corrected chi connectivity index (χ2v) is 11.2. The lowest BCUT2D eigenvalue weighted by Gasteiger charge is -2.37. The predicted octanol–water partition coefficient (Wildman–Crippen LogP) is 5.42. The molecule has 2 aliphatic heterocycles. The molecule has 9 nitrogen and oxygen atoms in total. The molecule has 9 heteroatoms. The van der Waals surface area contributed by atoms with Gasteiger partial charge in [-0.05, 0) is 30.7 Å². The Morgan fingerprint density at radius 2 is 1.21 bits per heavy atom. The molecule has 2 heterocycles. The van der Waals surface area contributed by atoms with Gasteiger partial charge in [-0.2, -0.15) is 0 Å². The van der Waals surface area contributed by atoms with Crippen molar-refractivity contribution in [3.8, 4) is 11.5 Å². The van der Waals surface area contributed by atoms with Crippen LogP contribution in [0.4, 0.5) is 0 Å². The van der Waals surface area contributed by atoms with E-state index in [1.54, 1.807) is 24.3 Å². The van der Waals surface area contributed by atoms with Gasteiger partial charge >= 0.3 is 0 Å². The molecule has 2 saturated heterocycles. The SMILES string of the molecule is CCC1(C)COC(c2ccc(OCOC)c(C(=O)c3cc(C4OCC(C)(C)CO4)ccc3OCOC)c2)OC1. The normalized spacial score (nSPS) is 23.4. The lowest BCUT2D eigenvalue weighted by Crippen LogP contribution is -2.35. The van der Waals surface area contributed by atoms with E-state index in [1.807, 2.05) is 12.1 Å². The molecule has 0 unspecified atom stereocenters. The second-order valence-electron chi connectivity index (χ2n) is 11.2. The van der Waals surface area contributed by atoms with Gasteiger partial charge in [-0.15, -0.1) is 0 Å². The maximum atomic E-state index is 14.1. The minimum atomic E-state index is -0.589. The number of hydrogen-bond donors (Lipinski definition) is 0. The van der Waals surface area contributed by atoms with Gasteiger partial charge in [0, 0.05) is 36.2 Å². The molecule has 2 fully saturated rings. The highest BCUT2D eigenvalue weighted by atomic mass is 16.7. The van der Waals surface area contributed by atoms with Crippen molar-refractivity contribution in [1.29, 1.82) is 0 Å². The van der Waals surface area contributed by atoms with Crippen LogP contribution in [0.25, 0.3) is 0 Å². The van der Waals surface area contributed by atoms with Gasteiger partial charge < -0.3 is 37.9 Å². The number of rotatable bonds is 11. The van der Waals surface area contributed by atoms with Crippen molar-refractivity contribution in [3.05, 3.63) is 58.7 Å². The standard InChI is InChI=1S/C30H40O9/c1-7-30(4)16-36-28(37-17-30)21-9-11-25(39-19-33-6)23(13-21)26(31)22-12-20(8-10-24(22)38-18-32-5)27-34-14-29(2,3)15-35-27/h8-13,27-28H,7,14-19H2,1-6H3. The summed E-state index contributed by atoms with van der Waals surface area (Å²) in [4.78, 5) is 14.1. The molecule has 39 heavy (non-hydrogen) atoms. The third kappa shape index (κ3) is 7.16. The van der Waals surface area contributed by atoms with Crippen LogP contribution in [-0.2, 0) is 28.4 Å². The molecule has 0 bridgehead atoms. The topological polar surface area (TPSA) is 90.9 Å². The third-order valence-corrected chi connectivity index (χ3v) is 6.98. The summed E-state index contributed by atoms with van der Waals surface area (Å²) >= 11 is 0. The van der Waals surface area contributed by atoms with E-state index < -0.39 is 12.6 Å². The highest BCUT2D eigenvalue weighted by Gasteiger charge is 2.33. The Balaban J connectivity index is 1.68. The molecular formula is C30H40O9. The molecule has 0 radical (unpaired) electrons. The first-order valence-electron chi connectivity index (χ1n) is 13.2. The van der Waals surface area contributed by atoms with Crippen molar-refractivity contribution < 1.29 is 42.7 Å². The summed E-state index contributed by atoms with van der Waals surface area (Å²) in [5.41, 5.74) is 1.97. The van der Waals surface area contributed by atoms with E-state index in [4.69, 9.17) is 37.9 Å². The molecule has 0 N–H and O–H groups in total. The number of hydrogen-bond acceptors (Lipinski definition) is 9. The van der Waals surface area contributed by atoms with E-state index in [2.05, 4.69) is 27.7 Å². The van der Waals surface area contributed by atoms with Gasteiger partial charge in [0.05, 0.1) is 37.6 Å². The molecule has 214 valence electrons. The van der Waals surface area contributed by atoms with Crippen LogP contribution in [0.5, 0.6) is 11.5 Å². The molecule has 2 aromatic carbocycles. The zero-order chi connectivity index (χ0) is 28.0. The van der Waals surface area contributed by atoms with Gasteiger partial charge in [-0.3, -0.25) is 4.79 Å². The number of benzene rings is 2. The predicted molar refractivity (Wildman–Crippen MR) is 143 cm³/mol. The van der Waals surface area contributed by atoms with E-state index in [0.29, 0.717) is 54.6 Å². The Hall–Kier alpha value is -2.53. The average molecular weight is 545 g/mol. The third-order valence-electron chi connectivity index (χ3n) is 6.98. The van der Waals surface area contributed by atoms with Crippen LogP contribution >= 0.6 is 0 Å². The minimum absolute atomic E-state index is 0.0163. The van der Waals surface area contributed by atoms with Gasteiger partial charge in [0.1, 0.15) is 11.5 Å². The Labute approximate surface area is 230 Å². The summed E-state index contributed by atoms with van der Waals surface area (Å²) in [6.07, 6.45) is -0.233. The van der Waals surface area contributed by atoms with Crippen LogP contribution in [-0.4, -0.2) is 60.0 Å². The van der Waals surface area contributed by atoms with Crippen molar-refractivity contribution in [2.24, 2.45) is 10.8 Å². The van der Waals surface area contributed by atoms with E-state index in [-0.39, 0.29) is 30.2 Å². The van der Waals surface area contributed by atoms with Crippen LogP contribution < -0.4 is 9.47 Å². The zero-order valence-electron chi connectivity index (χ0n) is 23.7. The Kier molecular flexibility index (Phi) is 9.64. The van der Waals surface area contributed by atoms with Crippen LogP contribution in [0, 0.1) is 10.8 Å². The van der Waals surface area contributed by atoms with E-state index >= 15 is 0 Å². The Morgan fingerprint density at radius 3 is 1.62 bits per heavy atom. The molecule has 2 aliphatic rings. The summed E-state index contributed by atoms with van der Waals surface area (Å²) in [5.74, 6) is 0.435. The lowest BCUT2D eigenvalue weighted by molar-refractivity contribution is -0.230. The van der Waals surface area contributed by atoms with Crippen molar-refractivity contribution in [2.45, 2.75) is 46.7 Å². The van der Waals surface area contributed by atoms with Crippen LogP contribution in [0.2, 0.25) is 0 Å². The van der Waals surface area contributed by atoms with Crippen molar-refractivity contribution >= 4 is 5.78 Å². The summed E-state index contributed by atoms with van der Waals surface area (Å²) < 4.78 is 45.8. The number of ether oxygens (including phenoxy) is 8. The van der Waals surface area contributed by atoms with Crippen molar-refractivity contribution in [2.75, 3.05) is 54.2 Å². The van der Waals surface area contributed by atoms with Gasteiger partial charge in [0.15, 0.2) is 26.2 Å². The number of ketones is 1. The zero-order valence-corrected chi connectivity index (χ0v) is 23.7. The molecule has 0 aromatic heterocycles. The van der Waals surface area contributed by atoms with Crippen LogP contribution in [0.15, 0.2) is 36.4 Å². The largest absolute Gasteiger partial charge is 0.467 e. The molecule has 4 rings (SSSR count). The fourth-order valence-corrected chi connectivity index (χ4v) is 4.31. The first kappa shape index (κ1) is 29.5. The molecular weight excluding hydrogens is 504 g/mol. The Morgan fingerprint density at radius 1 is 0.769 bits per heavy atom. The summed E-state index contributed by atoms with van der Waals surface area (Å²) in [6, 6.07) is 10.6. The first-order valence-corrected chi connectivity index (χ1v) is 13.2. The molecule has 0 aliphatic carbocycles. The van der Waals surface area contributed by atoms with Gasteiger partial charge in [-0.1, -0.05) is 39.8 Å². The number of methoxy groups -OCH3 is 2. The fourth-order valence-electron chi connectivity index (χ4n) is 4.31. The molecule has 0 saturated carbocycles. The smallest absolute Gasteiger partial charge is 0.200 e. The van der Waals surface area contributed by atoms with Gasteiger partial charge in [0.25, 0.3) is 0 Å². The maximum Gasteiger partial charge on any atom is 0.200 e. The quantitative estimate of drug-likeness (QED) is 0.272. The second kappa shape index (κ2) is 12.8. The molecule has 0 atom stereocenters. The monoisotopic (exact) mass is 544 g/mol. The summed E-state index contributed by atoms with van der Waals surface area (Å²) in [5, 5.41) is 0. The molecule has 0 spiro atoms. The van der Waals surface area contributed by atoms with E-state index in [1.165, 1.54) is 14.2 Å². The lowest BCUT2D eigenvalue weighted by atomic mass is 9.89. The first-order chi connectivity index (χ1) is 18.7. The Bertz CT molecular complexity index is 1110. The highest BCUT2D eigenvalue weighted by Crippen LogP contribution is 2.37. The molecule has 2 aromatic rings. The minimum Gasteiger partial charge on any atom is -0.467 e. The van der Waals surface area contributed by atoms with E-state index in [0.717, 1.165) is 12.0 Å². The maximum absolute atomic E-state index is 14.1. The van der Waals surface area contributed by atoms with Crippen molar-refractivity contribution in [3.63, 3.8) is 0 Å². The average Bonchev–Trinajstić information content (AvgIpc) is 2.95. The van der Waals surface area contributed by atoms with Crippen LogP contribution in [0.3, 0.4) is 0 Å². The summed E-state index contributed by atoms with van der Waals surface area (Å²) in [6.45, 7) is 10.6. The summed E-state index contributed by atoms with van der Waals surface area (Å²) in [7, 11) is 3.05. The highest BCUT2D eigenvalue weighted by molar-refractivity contribution is 6.12. The van der Waals surface area contributed by atoms with E-state index in [9.17, 15) is 4.79 Å². The molecule has 0 amide bonds. The van der Waals surface area contributed by atoms with Gasteiger partial charge in [0.2, 0.25) is 5.78 Å². The number of carbonyl (C=O) groups excluding carboxylic acids is 1. The van der Waals surface area contributed by atoms with Crippen molar-refractivity contribution in [1.82, 2.24) is 0 Å². The van der Waals surface area contributed by atoms with Crippen LogP contribution in [0.1, 0.15) is 73.7 Å².